The van der Waals surface area contributed by atoms with E-state index in [9.17, 15) is 8.42 Å². The zero-order valence-electron chi connectivity index (χ0n) is 12.1. The van der Waals surface area contributed by atoms with Crippen molar-refractivity contribution in [3.05, 3.63) is 35.1 Å². The highest BCUT2D eigenvalue weighted by Gasteiger charge is 2.31. The van der Waals surface area contributed by atoms with Crippen molar-refractivity contribution in [3.8, 4) is 11.4 Å². The summed E-state index contributed by atoms with van der Waals surface area (Å²) in [6, 6.07) is 7.04. The van der Waals surface area contributed by atoms with Crippen molar-refractivity contribution in [3.63, 3.8) is 0 Å². The molecule has 118 valence electrons. The normalized spacial score (nSPS) is 20.4. The third kappa shape index (κ3) is 3.16. The van der Waals surface area contributed by atoms with E-state index in [2.05, 4.69) is 10.1 Å². The van der Waals surface area contributed by atoms with Gasteiger partial charge in [-0.25, -0.2) is 18.1 Å². The van der Waals surface area contributed by atoms with Gasteiger partial charge in [0.25, 0.3) is 0 Å². The van der Waals surface area contributed by atoms with E-state index >= 15 is 0 Å². The molecule has 3 rings (SSSR count). The molecular formula is C14H16ClN3O3S. The molecule has 1 aliphatic rings. The molecule has 0 radical (unpaired) electrons. The topological polar surface area (TPSA) is 74.1 Å². The fourth-order valence-corrected chi connectivity index (χ4v) is 4.38. The Morgan fingerprint density at radius 1 is 1.36 bits per heavy atom. The maximum absolute atomic E-state index is 11.7. The van der Waals surface area contributed by atoms with E-state index in [1.54, 1.807) is 23.9 Å². The summed E-state index contributed by atoms with van der Waals surface area (Å²) >= 11 is 5.89. The van der Waals surface area contributed by atoms with Gasteiger partial charge in [0.2, 0.25) is 0 Å². The molecule has 2 aromatic rings. The zero-order valence-corrected chi connectivity index (χ0v) is 13.6. The standard InChI is InChI=1S/C14H16ClN3O3S/c1-21-8-13-16-14(10-2-4-11(15)5-3-10)17-18(13)12-6-7-22(19,20)9-12/h2-5,12H,6-9H2,1H3/t12-/m0/s1. The molecule has 1 aromatic carbocycles. The minimum Gasteiger partial charge on any atom is -0.377 e. The second-order valence-corrected chi connectivity index (χ2v) is 7.96. The minimum absolute atomic E-state index is 0.104. The summed E-state index contributed by atoms with van der Waals surface area (Å²) in [7, 11) is -1.41. The van der Waals surface area contributed by atoms with E-state index in [1.807, 2.05) is 12.1 Å². The molecule has 22 heavy (non-hydrogen) atoms. The molecule has 0 spiro atoms. The van der Waals surface area contributed by atoms with Crippen molar-refractivity contribution in [1.29, 1.82) is 0 Å². The summed E-state index contributed by atoms with van der Waals surface area (Å²) in [5, 5.41) is 5.14. The van der Waals surface area contributed by atoms with Crippen LogP contribution in [0.1, 0.15) is 18.3 Å². The maximum atomic E-state index is 11.7. The number of ether oxygens (including phenoxy) is 1. The van der Waals surface area contributed by atoms with Crippen LogP contribution in [0.3, 0.4) is 0 Å². The summed E-state index contributed by atoms with van der Waals surface area (Å²) in [5.74, 6) is 1.48. The summed E-state index contributed by atoms with van der Waals surface area (Å²) in [4.78, 5) is 4.48. The van der Waals surface area contributed by atoms with E-state index in [0.29, 0.717) is 23.1 Å². The van der Waals surface area contributed by atoms with Gasteiger partial charge < -0.3 is 4.74 Å². The number of methoxy groups -OCH3 is 1. The van der Waals surface area contributed by atoms with Crippen LogP contribution in [0.15, 0.2) is 24.3 Å². The van der Waals surface area contributed by atoms with E-state index in [-0.39, 0.29) is 24.2 Å². The fourth-order valence-electron chi connectivity index (χ4n) is 2.57. The third-order valence-corrected chi connectivity index (χ3v) is 5.63. The smallest absolute Gasteiger partial charge is 0.181 e. The first-order valence-corrected chi connectivity index (χ1v) is 9.09. The quantitative estimate of drug-likeness (QED) is 0.851. The van der Waals surface area contributed by atoms with Crippen LogP contribution in [0.4, 0.5) is 0 Å². The molecule has 0 unspecified atom stereocenters. The first-order chi connectivity index (χ1) is 10.5. The summed E-state index contributed by atoms with van der Waals surface area (Å²) in [6.07, 6.45) is 0.558. The molecule has 6 nitrogen and oxygen atoms in total. The molecule has 2 heterocycles. The highest BCUT2D eigenvalue weighted by molar-refractivity contribution is 7.91. The molecule has 1 saturated heterocycles. The Morgan fingerprint density at radius 2 is 2.09 bits per heavy atom. The molecular weight excluding hydrogens is 326 g/mol. The van der Waals surface area contributed by atoms with Gasteiger partial charge in [0.15, 0.2) is 21.5 Å². The summed E-state index contributed by atoms with van der Waals surface area (Å²) < 4.78 is 30.2. The Labute approximate surface area is 134 Å². The van der Waals surface area contributed by atoms with Crippen LogP contribution in [0.5, 0.6) is 0 Å². The Hall–Kier alpha value is -1.44. The predicted octanol–water partition coefficient (Wildman–Crippen LogP) is 2.10. The van der Waals surface area contributed by atoms with Crippen molar-refractivity contribution in [2.45, 2.75) is 19.1 Å². The van der Waals surface area contributed by atoms with Crippen molar-refractivity contribution in [2.75, 3.05) is 18.6 Å². The Balaban J connectivity index is 1.97. The average Bonchev–Trinajstić information content (AvgIpc) is 3.03. The lowest BCUT2D eigenvalue weighted by Gasteiger charge is -2.10. The predicted molar refractivity (Wildman–Crippen MR) is 83.5 cm³/mol. The largest absolute Gasteiger partial charge is 0.377 e. The second kappa shape index (κ2) is 5.98. The van der Waals surface area contributed by atoms with E-state index in [0.717, 1.165) is 5.56 Å². The number of halogens is 1. The van der Waals surface area contributed by atoms with Gasteiger partial charge in [-0.3, -0.25) is 0 Å². The maximum Gasteiger partial charge on any atom is 0.181 e. The SMILES string of the molecule is COCc1nc(-c2ccc(Cl)cc2)nn1[C@H]1CCS(=O)(=O)C1. The van der Waals surface area contributed by atoms with Gasteiger partial charge in [-0.15, -0.1) is 0 Å². The third-order valence-electron chi connectivity index (χ3n) is 3.63. The first-order valence-electron chi connectivity index (χ1n) is 6.89. The molecule has 1 fully saturated rings. The van der Waals surface area contributed by atoms with Crippen molar-refractivity contribution in [2.24, 2.45) is 0 Å². The first kappa shape index (κ1) is 15.5. The molecule has 0 bridgehead atoms. The van der Waals surface area contributed by atoms with Gasteiger partial charge in [0.1, 0.15) is 6.61 Å². The number of rotatable bonds is 4. The fraction of sp³-hybridized carbons (Fsp3) is 0.429. The van der Waals surface area contributed by atoms with E-state index in [4.69, 9.17) is 16.3 Å². The molecule has 0 amide bonds. The summed E-state index contributed by atoms with van der Waals surface area (Å²) in [5.41, 5.74) is 0.835. The number of sulfone groups is 1. The number of benzene rings is 1. The Kier molecular flexibility index (Phi) is 4.20. The highest BCUT2D eigenvalue weighted by Crippen LogP contribution is 2.26. The molecule has 8 heteroatoms. The molecule has 0 aliphatic carbocycles. The monoisotopic (exact) mass is 341 g/mol. The van der Waals surface area contributed by atoms with Crippen LogP contribution < -0.4 is 0 Å². The van der Waals surface area contributed by atoms with Gasteiger partial charge in [-0.2, -0.15) is 5.10 Å². The molecule has 1 aliphatic heterocycles. The van der Waals surface area contributed by atoms with Crippen molar-refractivity contribution in [1.82, 2.24) is 14.8 Å². The molecule has 1 aromatic heterocycles. The van der Waals surface area contributed by atoms with Crippen molar-refractivity contribution < 1.29 is 13.2 Å². The Morgan fingerprint density at radius 3 is 2.68 bits per heavy atom. The number of hydrogen-bond donors (Lipinski definition) is 0. The average molecular weight is 342 g/mol. The molecule has 0 N–H and O–H groups in total. The van der Waals surface area contributed by atoms with Gasteiger partial charge in [0, 0.05) is 17.7 Å². The second-order valence-electron chi connectivity index (χ2n) is 5.29. The van der Waals surface area contributed by atoms with Gasteiger partial charge in [0.05, 0.1) is 17.5 Å². The number of nitrogens with zero attached hydrogens (tertiary/aromatic N) is 3. The van der Waals surface area contributed by atoms with Crippen LogP contribution >= 0.6 is 11.6 Å². The van der Waals surface area contributed by atoms with Crippen LogP contribution in [0.25, 0.3) is 11.4 Å². The lowest BCUT2D eigenvalue weighted by Crippen LogP contribution is -2.16. The molecule has 0 saturated carbocycles. The van der Waals surface area contributed by atoms with Crippen LogP contribution in [0, 0.1) is 0 Å². The number of aromatic nitrogens is 3. The number of hydrogen-bond acceptors (Lipinski definition) is 5. The van der Waals surface area contributed by atoms with Gasteiger partial charge >= 0.3 is 0 Å². The highest BCUT2D eigenvalue weighted by atomic mass is 35.5. The zero-order chi connectivity index (χ0) is 15.7. The van der Waals surface area contributed by atoms with E-state index < -0.39 is 9.84 Å². The van der Waals surface area contributed by atoms with Gasteiger partial charge in [-0.1, -0.05) is 11.6 Å². The minimum atomic E-state index is -2.98. The van der Waals surface area contributed by atoms with Crippen molar-refractivity contribution >= 4 is 21.4 Å². The summed E-state index contributed by atoms with van der Waals surface area (Å²) in [6.45, 7) is 0.289. The van der Waals surface area contributed by atoms with Crippen LogP contribution in [-0.4, -0.2) is 41.8 Å². The lowest BCUT2D eigenvalue weighted by atomic mass is 10.2. The molecule has 1 atom stereocenters. The van der Waals surface area contributed by atoms with Gasteiger partial charge in [-0.05, 0) is 30.7 Å². The van der Waals surface area contributed by atoms with Crippen LogP contribution in [-0.2, 0) is 21.2 Å². The lowest BCUT2D eigenvalue weighted by molar-refractivity contribution is 0.171. The Bertz CT molecular complexity index is 771. The van der Waals surface area contributed by atoms with E-state index in [1.165, 1.54) is 0 Å². The van der Waals surface area contributed by atoms with Crippen LogP contribution in [0.2, 0.25) is 5.02 Å².